The molecule has 0 bridgehead atoms. The number of primary amides is 1. The van der Waals surface area contributed by atoms with Crippen molar-refractivity contribution in [2.75, 3.05) is 19.8 Å². The van der Waals surface area contributed by atoms with Crippen LogP contribution in [0.25, 0.3) is 0 Å². The van der Waals surface area contributed by atoms with Gasteiger partial charge in [0.2, 0.25) is 47.3 Å². The number of carbonyl (C=O) groups is 10. The molecule has 65 heavy (non-hydrogen) atoms. The lowest BCUT2D eigenvalue weighted by Crippen LogP contribution is -2.62. The highest BCUT2D eigenvalue weighted by atomic mass is 16.4. The molecule has 0 saturated carbocycles. The smallest absolute Gasteiger partial charge is 0.328 e. The molecule has 20 N–H and O–H groups in total. The second-order valence-electron chi connectivity index (χ2n) is 15.8. The Morgan fingerprint density at radius 3 is 1.48 bits per heavy atom. The number of nitrogens with two attached hydrogens (primary N) is 3. The largest absolute Gasteiger partial charge is 0.481 e. The van der Waals surface area contributed by atoms with Crippen molar-refractivity contribution >= 4 is 65.2 Å². The third-order valence-corrected chi connectivity index (χ3v) is 9.74. The Morgan fingerprint density at radius 1 is 0.585 bits per heavy atom. The van der Waals surface area contributed by atoms with E-state index >= 15 is 0 Å². The van der Waals surface area contributed by atoms with Crippen molar-refractivity contribution in [1.29, 1.82) is 5.41 Å². The van der Waals surface area contributed by atoms with Gasteiger partial charge in [0.25, 0.3) is 0 Å². The second-order valence-corrected chi connectivity index (χ2v) is 15.8. The molecule has 0 radical (unpaired) electrons. The maximum absolute atomic E-state index is 13.9. The zero-order valence-electron chi connectivity index (χ0n) is 37.2. The topological polar surface area (TPSA) is 470 Å². The second kappa shape index (κ2) is 30.0. The Hall–Kier alpha value is -6.19. The molecule has 8 amide bonds. The summed E-state index contributed by atoms with van der Waals surface area (Å²) < 4.78 is 0. The molecular weight excluding hydrogens is 864 g/mol. The molecule has 0 aliphatic carbocycles. The molecule has 0 aromatic rings. The molecule has 10 atom stereocenters. The molecule has 0 rings (SSSR count). The molecule has 0 heterocycles. The quantitative estimate of drug-likeness (QED) is 0.0169. The number of aliphatic carboxylic acids is 2. The van der Waals surface area contributed by atoms with Crippen LogP contribution in [0.2, 0.25) is 0 Å². The van der Waals surface area contributed by atoms with Crippen molar-refractivity contribution in [1.82, 2.24) is 42.5 Å². The Labute approximate surface area is 375 Å². The number of aliphatic hydroxyl groups excluding tert-OH is 3. The number of hydrogen-bond donors (Lipinski definition) is 17. The fourth-order valence-corrected chi connectivity index (χ4v) is 5.82. The van der Waals surface area contributed by atoms with Gasteiger partial charge in [0.05, 0.1) is 19.3 Å². The Kier molecular flexibility index (Phi) is 27.2. The van der Waals surface area contributed by atoms with Crippen molar-refractivity contribution < 1.29 is 73.5 Å². The Balaban J connectivity index is 6.69. The summed E-state index contributed by atoms with van der Waals surface area (Å²) in [5.41, 5.74) is 16.3. The molecule has 370 valence electrons. The molecule has 0 aromatic heterocycles. The third kappa shape index (κ3) is 22.8. The van der Waals surface area contributed by atoms with E-state index in [2.05, 4.69) is 37.2 Å². The lowest BCUT2D eigenvalue weighted by atomic mass is 9.96. The van der Waals surface area contributed by atoms with Crippen molar-refractivity contribution in [3.8, 4) is 0 Å². The van der Waals surface area contributed by atoms with E-state index in [1.807, 2.05) is 5.32 Å². The van der Waals surface area contributed by atoms with E-state index in [-0.39, 0.29) is 31.7 Å². The van der Waals surface area contributed by atoms with E-state index in [9.17, 15) is 73.5 Å². The molecular formula is C38H68N12O15. The first kappa shape index (κ1) is 58.8. The molecule has 0 fully saturated rings. The van der Waals surface area contributed by atoms with Gasteiger partial charge in [0.15, 0.2) is 5.96 Å². The number of carboxylic acid groups (broad SMARTS) is 2. The van der Waals surface area contributed by atoms with Crippen molar-refractivity contribution in [2.24, 2.45) is 29.0 Å². The van der Waals surface area contributed by atoms with E-state index in [0.717, 1.165) is 6.92 Å². The molecule has 0 aliphatic heterocycles. The van der Waals surface area contributed by atoms with Crippen LogP contribution < -0.4 is 59.7 Å². The number of carbonyl (C=O) groups excluding carboxylic acids is 8. The highest BCUT2D eigenvalue weighted by Gasteiger charge is 2.36. The van der Waals surface area contributed by atoms with E-state index in [4.69, 9.17) is 22.6 Å². The zero-order chi connectivity index (χ0) is 50.1. The van der Waals surface area contributed by atoms with Gasteiger partial charge in [-0.1, -0.05) is 34.1 Å². The van der Waals surface area contributed by atoms with Crippen LogP contribution in [0.3, 0.4) is 0 Å². The average molecular weight is 933 g/mol. The number of guanidine groups is 1. The third-order valence-electron chi connectivity index (χ3n) is 9.74. The van der Waals surface area contributed by atoms with Crippen LogP contribution in [0, 0.1) is 17.2 Å². The first-order valence-corrected chi connectivity index (χ1v) is 20.9. The molecule has 0 saturated heterocycles. The number of amides is 8. The fraction of sp³-hybridized carbons (Fsp3) is 0.711. The van der Waals surface area contributed by atoms with Gasteiger partial charge in [-0.05, 0) is 50.9 Å². The molecule has 0 aliphatic rings. The number of rotatable bonds is 32. The van der Waals surface area contributed by atoms with Gasteiger partial charge in [-0.25, -0.2) is 4.79 Å². The standard InChI is InChI=1S/C38H68N12O15/c1-6-18(4)28(49-30(57)20(39)15-51)35(62)47-24(14-17(2)3)34(61)44-21(8-7-13-43-38(41)42)33(60)50-29(19(5)53)36(63)46-22(9-11-26(40)54)31(58)45-23(10-12-27(55)56)32(59)48-25(16-52)37(64)65/h17-25,28-29,51-53H,6-16,39H2,1-5H3,(H2,40,54)(H,44,61)(H,45,58)(H,46,63)(H,47,62)(H,48,59)(H,49,57)(H,50,60)(H,55,56)(H,64,65)(H4,41,42,43)/t18-,19+,20-,21-,22-,23-,24-,25-,28-,29-/m0/s1. The number of nitrogens with one attached hydrogen (secondary N) is 9. The van der Waals surface area contributed by atoms with Crippen LogP contribution in [-0.2, 0) is 47.9 Å². The summed E-state index contributed by atoms with van der Waals surface area (Å²) in [5.74, 6) is -12.3. The molecule has 0 unspecified atom stereocenters. The minimum Gasteiger partial charge on any atom is -0.481 e. The first-order chi connectivity index (χ1) is 30.3. The van der Waals surface area contributed by atoms with Gasteiger partial charge in [-0.3, -0.25) is 48.6 Å². The summed E-state index contributed by atoms with van der Waals surface area (Å²) in [6.07, 6.45) is -3.76. The summed E-state index contributed by atoms with van der Waals surface area (Å²) in [6.45, 7) is 6.27. The SMILES string of the molecule is CC[C@H](C)[C@H](NC(=O)[C@@H](N)CO)C(=O)N[C@@H](CC(C)C)C(=O)N[C@@H](CCCNC(=N)N)C(=O)N[C@H](C(=O)N[C@@H](CCC(N)=O)C(=O)N[C@@H](CCC(=O)O)C(=O)N[C@@H](CO)C(=O)O)[C@@H](C)O. The van der Waals surface area contributed by atoms with E-state index in [0.29, 0.717) is 6.42 Å². The highest BCUT2D eigenvalue weighted by molar-refractivity contribution is 5.98. The van der Waals surface area contributed by atoms with Crippen LogP contribution in [0.4, 0.5) is 0 Å². The van der Waals surface area contributed by atoms with Crippen LogP contribution >= 0.6 is 0 Å². The van der Waals surface area contributed by atoms with Gasteiger partial charge in [-0.2, -0.15) is 0 Å². The molecule has 0 spiro atoms. The van der Waals surface area contributed by atoms with Crippen LogP contribution in [0.15, 0.2) is 0 Å². The average Bonchev–Trinajstić information content (AvgIpc) is 3.22. The van der Waals surface area contributed by atoms with Gasteiger partial charge >= 0.3 is 11.9 Å². The summed E-state index contributed by atoms with van der Waals surface area (Å²) in [7, 11) is 0. The van der Waals surface area contributed by atoms with Crippen LogP contribution in [-0.4, -0.2) is 165 Å². The minimum absolute atomic E-state index is 0.0307. The Morgan fingerprint density at radius 2 is 1.03 bits per heavy atom. The number of hydrogen-bond acceptors (Lipinski definition) is 15. The predicted octanol–water partition coefficient (Wildman–Crippen LogP) is -6.36. The number of aliphatic hydroxyl groups is 3. The van der Waals surface area contributed by atoms with Crippen LogP contribution in [0.5, 0.6) is 0 Å². The predicted molar refractivity (Wildman–Crippen MR) is 228 cm³/mol. The normalized spacial score (nSPS) is 15.7. The monoisotopic (exact) mass is 932 g/mol. The maximum Gasteiger partial charge on any atom is 0.328 e. The van der Waals surface area contributed by atoms with Crippen LogP contribution in [0.1, 0.15) is 86.0 Å². The summed E-state index contributed by atoms with van der Waals surface area (Å²) in [4.78, 5) is 129. The van der Waals surface area contributed by atoms with E-state index in [1.54, 1.807) is 27.7 Å². The lowest BCUT2D eigenvalue weighted by molar-refractivity contribution is -0.144. The van der Waals surface area contributed by atoms with Gasteiger partial charge in [-0.15, -0.1) is 0 Å². The first-order valence-electron chi connectivity index (χ1n) is 20.9. The minimum atomic E-state index is -1.88. The maximum atomic E-state index is 13.9. The van der Waals surface area contributed by atoms with Gasteiger partial charge < -0.3 is 85.3 Å². The molecule has 27 heteroatoms. The zero-order valence-corrected chi connectivity index (χ0v) is 37.2. The highest BCUT2D eigenvalue weighted by Crippen LogP contribution is 2.13. The summed E-state index contributed by atoms with van der Waals surface area (Å²) >= 11 is 0. The molecule has 0 aromatic carbocycles. The summed E-state index contributed by atoms with van der Waals surface area (Å²) in [5, 5.41) is 74.0. The van der Waals surface area contributed by atoms with Gasteiger partial charge in [0, 0.05) is 19.4 Å². The fourth-order valence-electron chi connectivity index (χ4n) is 5.82. The van der Waals surface area contributed by atoms with Crippen molar-refractivity contribution in [2.45, 2.75) is 140 Å². The van der Waals surface area contributed by atoms with E-state index < -0.39 is 164 Å². The van der Waals surface area contributed by atoms with E-state index in [1.165, 1.54) is 0 Å². The van der Waals surface area contributed by atoms with Crippen molar-refractivity contribution in [3.05, 3.63) is 0 Å². The van der Waals surface area contributed by atoms with Crippen molar-refractivity contribution in [3.63, 3.8) is 0 Å². The molecule has 27 nitrogen and oxygen atoms in total. The number of carboxylic acids is 2. The Bertz CT molecular complexity index is 1670. The van der Waals surface area contributed by atoms with Gasteiger partial charge in [0.1, 0.15) is 48.3 Å². The lowest BCUT2D eigenvalue weighted by Gasteiger charge is -2.30. The summed E-state index contributed by atoms with van der Waals surface area (Å²) in [6, 6.07) is -12.5.